The number of ether oxygens (including phenoxy) is 4. The minimum atomic E-state index is -0.101. The Morgan fingerprint density at radius 3 is 2.37 bits per heavy atom. The van der Waals surface area contributed by atoms with Crippen molar-refractivity contribution in [1.82, 2.24) is 10.2 Å². The highest BCUT2D eigenvalue weighted by molar-refractivity contribution is 5.62. The molecule has 0 radical (unpaired) electrons. The van der Waals surface area contributed by atoms with Gasteiger partial charge in [-0.25, -0.2) is 0 Å². The van der Waals surface area contributed by atoms with E-state index in [9.17, 15) is 10.2 Å². The van der Waals surface area contributed by atoms with Crippen molar-refractivity contribution in [1.29, 1.82) is 0 Å². The molecule has 222 valence electrons. The van der Waals surface area contributed by atoms with E-state index in [1.807, 2.05) is 36.4 Å². The first kappa shape index (κ1) is 27.4. The maximum Gasteiger partial charge on any atom is 0.201 e. The summed E-state index contributed by atoms with van der Waals surface area (Å²) in [7, 11) is 5.28. The quantitative estimate of drug-likeness (QED) is 0.258. The van der Waals surface area contributed by atoms with Crippen molar-refractivity contribution in [3.8, 4) is 46.0 Å². The molecular weight excluding hydrogens is 544 g/mol. The van der Waals surface area contributed by atoms with Gasteiger partial charge in [0.25, 0.3) is 0 Å². The number of methoxy groups -OCH3 is 2. The first-order valence-corrected chi connectivity index (χ1v) is 14.8. The van der Waals surface area contributed by atoms with E-state index in [1.54, 1.807) is 20.3 Å². The molecule has 4 aliphatic rings. The summed E-state index contributed by atoms with van der Waals surface area (Å²) in [6, 6.07) is 19.5. The van der Waals surface area contributed by atoms with E-state index in [4.69, 9.17) is 18.9 Å². The number of aromatic hydroxyl groups is 2. The maximum atomic E-state index is 11.4. The van der Waals surface area contributed by atoms with Crippen LogP contribution in [0.15, 0.2) is 60.7 Å². The normalized spacial score (nSPS) is 19.3. The molecule has 8 heteroatoms. The lowest BCUT2D eigenvalue weighted by Gasteiger charge is -2.36. The predicted octanol–water partition coefficient (Wildman–Crippen LogP) is 6.21. The molecule has 43 heavy (non-hydrogen) atoms. The molecule has 0 unspecified atom stereocenters. The molecule has 8 nitrogen and oxygen atoms in total. The molecule has 0 aliphatic carbocycles. The molecule has 8 rings (SSSR count). The van der Waals surface area contributed by atoms with E-state index in [-0.39, 0.29) is 23.6 Å². The van der Waals surface area contributed by atoms with Gasteiger partial charge in [-0.15, -0.1) is 0 Å². The van der Waals surface area contributed by atoms with Crippen LogP contribution in [0.1, 0.15) is 45.5 Å². The van der Waals surface area contributed by atoms with E-state index in [0.29, 0.717) is 40.9 Å². The molecule has 4 aliphatic heterocycles. The SMILES string of the molecule is COc1cc2c3cc1Oc1cc(ccc1O)C[C@@H]1c4c(cc(OC)c(O)c4Oc4ccc(cc4)C[C@@H]3NCC2)CCN1C. The minimum Gasteiger partial charge on any atom is -0.504 e. The van der Waals surface area contributed by atoms with Crippen molar-refractivity contribution < 1.29 is 29.2 Å². The lowest BCUT2D eigenvalue weighted by Crippen LogP contribution is -2.33. The van der Waals surface area contributed by atoms with Gasteiger partial charge >= 0.3 is 0 Å². The lowest BCUT2D eigenvalue weighted by molar-refractivity contribution is 0.222. The van der Waals surface area contributed by atoms with Crippen LogP contribution in [0.25, 0.3) is 0 Å². The van der Waals surface area contributed by atoms with Crippen molar-refractivity contribution in [2.45, 2.75) is 37.8 Å². The first-order valence-electron chi connectivity index (χ1n) is 14.8. The number of benzene rings is 4. The topological polar surface area (TPSA) is 92.7 Å². The van der Waals surface area contributed by atoms with Crippen molar-refractivity contribution in [2.75, 3.05) is 34.4 Å². The van der Waals surface area contributed by atoms with Crippen LogP contribution < -0.4 is 24.3 Å². The summed E-state index contributed by atoms with van der Waals surface area (Å²) in [5, 5.41) is 25.9. The number of phenols is 2. The Morgan fingerprint density at radius 2 is 1.58 bits per heavy atom. The number of rotatable bonds is 2. The summed E-state index contributed by atoms with van der Waals surface area (Å²) in [6.45, 7) is 1.70. The van der Waals surface area contributed by atoms with Crippen LogP contribution >= 0.6 is 0 Å². The number of hydrogen-bond acceptors (Lipinski definition) is 8. The summed E-state index contributed by atoms with van der Waals surface area (Å²) in [6.07, 6.45) is 3.06. The Balaban J connectivity index is 1.41. The van der Waals surface area contributed by atoms with Crippen molar-refractivity contribution >= 4 is 0 Å². The van der Waals surface area contributed by atoms with Gasteiger partial charge in [-0.1, -0.05) is 18.2 Å². The predicted molar refractivity (Wildman–Crippen MR) is 163 cm³/mol. The highest BCUT2D eigenvalue weighted by atomic mass is 16.5. The highest BCUT2D eigenvalue weighted by Gasteiger charge is 2.33. The monoisotopic (exact) mass is 580 g/mol. The third kappa shape index (κ3) is 5.00. The first-order chi connectivity index (χ1) is 20.9. The third-order valence-corrected chi connectivity index (χ3v) is 9.01. The Labute approximate surface area is 251 Å². The molecule has 0 amide bonds. The molecular formula is C35H36N2O6. The number of fused-ring (bicyclic) bond motifs is 2. The molecule has 0 saturated carbocycles. The Hall–Kier alpha value is -4.40. The average molecular weight is 581 g/mol. The van der Waals surface area contributed by atoms with E-state index >= 15 is 0 Å². The van der Waals surface area contributed by atoms with E-state index in [2.05, 4.69) is 35.5 Å². The second kappa shape index (κ2) is 11.0. The second-order valence-corrected chi connectivity index (χ2v) is 11.6. The van der Waals surface area contributed by atoms with Crippen LogP contribution in [-0.4, -0.2) is 49.5 Å². The summed E-state index contributed by atoms with van der Waals surface area (Å²) in [5.41, 5.74) is 6.51. The molecule has 0 saturated heterocycles. The van der Waals surface area contributed by atoms with Crippen LogP contribution in [0, 0.1) is 0 Å². The van der Waals surface area contributed by atoms with Crippen LogP contribution in [0.2, 0.25) is 0 Å². The molecule has 0 aromatic heterocycles. The van der Waals surface area contributed by atoms with Crippen LogP contribution in [0.5, 0.6) is 46.0 Å². The van der Waals surface area contributed by atoms with Crippen LogP contribution in [0.4, 0.5) is 0 Å². The van der Waals surface area contributed by atoms with Crippen molar-refractivity contribution in [3.63, 3.8) is 0 Å². The third-order valence-electron chi connectivity index (χ3n) is 9.01. The molecule has 2 atom stereocenters. The van der Waals surface area contributed by atoms with Gasteiger partial charge < -0.3 is 34.5 Å². The Kier molecular flexibility index (Phi) is 7.03. The van der Waals surface area contributed by atoms with Gasteiger partial charge in [0, 0.05) is 24.2 Å². The van der Waals surface area contributed by atoms with Gasteiger partial charge in [0.15, 0.2) is 34.5 Å². The fraction of sp³-hybridized carbons (Fsp3) is 0.314. The molecule has 6 bridgehead atoms. The smallest absolute Gasteiger partial charge is 0.201 e. The number of phenolic OH excluding ortho intramolecular Hbond substituents is 2. The van der Waals surface area contributed by atoms with Gasteiger partial charge in [-0.3, -0.25) is 4.90 Å². The molecule has 3 N–H and O–H groups in total. The van der Waals surface area contributed by atoms with E-state index in [1.165, 1.54) is 5.56 Å². The van der Waals surface area contributed by atoms with Crippen molar-refractivity contribution in [2.24, 2.45) is 0 Å². The Morgan fingerprint density at radius 1 is 0.814 bits per heavy atom. The van der Waals surface area contributed by atoms with Gasteiger partial charge in [-0.05, 0) is 110 Å². The molecule has 4 heterocycles. The largest absolute Gasteiger partial charge is 0.504 e. The minimum absolute atomic E-state index is 0.0146. The van der Waals surface area contributed by atoms with E-state index in [0.717, 1.165) is 60.2 Å². The zero-order chi connectivity index (χ0) is 29.7. The highest BCUT2D eigenvalue weighted by Crippen LogP contribution is 2.50. The molecule has 0 fully saturated rings. The fourth-order valence-electron chi connectivity index (χ4n) is 6.68. The zero-order valence-electron chi connectivity index (χ0n) is 24.6. The van der Waals surface area contributed by atoms with Crippen LogP contribution in [-0.2, 0) is 25.7 Å². The van der Waals surface area contributed by atoms with Gasteiger partial charge in [-0.2, -0.15) is 0 Å². The van der Waals surface area contributed by atoms with Gasteiger partial charge in [0.2, 0.25) is 5.75 Å². The lowest BCUT2D eigenvalue weighted by atomic mass is 9.87. The maximum absolute atomic E-state index is 11.4. The molecule has 4 aromatic rings. The van der Waals surface area contributed by atoms with Gasteiger partial charge in [0.1, 0.15) is 5.75 Å². The Bertz CT molecular complexity index is 1690. The summed E-state index contributed by atoms with van der Waals surface area (Å²) < 4.78 is 24.2. The fourth-order valence-corrected chi connectivity index (χ4v) is 6.68. The summed E-state index contributed by atoms with van der Waals surface area (Å²) in [5.74, 6) is 3.04. The summed E-state index contributed by atoms with van der Waals surface area (Å²) >= 11 is 0. The number of nitrogens with one attached hydrogen (secondary N) is 1. The zero-order valence-corrected chi connectivity index (χ0v) is 24.6. The summed E-state index contributed by atoms with van der Waals surface area (Å²) in [4.78, 5) is 2.27. The van der Waals surface area contributed by atoms with E-state index < -0.39 is 0 Å². The van der Waals surface area contributed by atoms with Crippen LogP contribution in [0.3, 0.4) is 0 Å². The molecule has 0 spiro atoms. The second-order valence-electron chi connectivity index (χ2n) is 11.6. The van der Waals surface area contributed by atoms with Crippen molar-refractivity contribution in [3.05, 3.63) is 94.0 Å². The number of hydrogen-bond donors (Lipinski definition) is 3. The number of nitrogens with zero attached hydrogens (tertiary/aromatic N) is 1. The average Bonchev–Trinajstić information content (AvgIpc) is 3.01. The standard InChI is InChI=1S/C35H36N2O6/c1-37-13-11-23-18-32(41-3)34(39)35-33(23)27(37)15-21-6-9-28(38)29(16-21)43-31-19-25-22(17-30(31)40-2)10-12-36-26(25)14-20-4-7-24(42-35)8-5-20/h4-9,16-19,26-27,36,38-39H,10-15H2,1-3H3/t26-,27+/m0/s1. The number of likely N-dealkylation sites (N-methyl/N-ethyl adjacent to an activating group) is 1. The molecule has 4 aromatic carbocycles. The van der Waals surface area contributed by atoms with Gasteiger partial charge in [0.05, 0.1) is 14.2 Å².